The monoisotopic (exact) mass is 357 g/mol. The van der Waals surface area contributed by atoms with Crippen LogP contribution >= 0.6 is 0 Å². The van der Waals surface area contributed by atoms with Crippen molar-refractivity contribution in [2.75, 3.05) is 40.3 Å². The van der Waals surface area contributed by atoms with Crippen molar-refractivity contribution in [3.63, 3.8) is 0 Å². The molecule has 0 radical (unpaired) electrons. The fourth-order valence-corrected chi connectivity index (χ4v) is 2.29. The van der Waals surface area contributed by atoms with Crippen LogP contribution < -0.4 is 24.5 Å². The Kier molecular flexibility index (Phi) is 6.43. The first-order valence-electron chi connectivity index (χ1n) is 7.91. The Labute approximate surface area is 153 Å². The molecule has 0 atom stereocenters. The number of carbonyl (C=O) groups is 1. The molecule has 2 aromatic rings. The molecule has 26 heavy (non-hydrogen) atoms. The summed E-state index contributed by atoms with van der Waals surface area (Å²) < 4.78 is 15.8. The second kappa shape index (κ2) is 8.75. The Hall–Kier alpha value is -3.22. The lowest BCUT2D eigenvalue weighted by molar-refractivity contribution is 0.0955. The van der Waals surface area contributed by atoms with Crippen molar-refractivity contribution < 1.29 is 19.0 Å². The van der Waals surface area contributed by atoms with Crippen molar-refractivity contribution in [2.24, 2.45) is 5.10 Å². The van der Waals surface area contributed by atoms with E-state index in [9.17, 15) is 4.79 Å². The van der Waals surface area contributed by atoms with E-state index in [0.29, 0.717) is 28.4 Å². The lowest BCUT2D eigenvalue weighted by atomic mass is 10.2. The first-order valence-corrected chi connectivity index (χ1v) is 7.91. The average Bonchev–Trinajstić information content (AvgIpc) is 2.67. The van der Waals surface area contributed by atoms with Crippen LogP contribution in [0.5, 0.6) is 17.2 Å². The van der Waals surface area contributed by atoms with Crippen LogP contribution in [0.1, 0.15) is 15.9 Å². The third-order valence-electron chi connectivity index (χ3n) is 3.75. The van der Waals surface area contributed by atoms with Crippen LogP contribution in [0.3, 0.4) is 0 Å². The molecule has 7 heteroatoms. The number of carbonyl (C=O) groups excluding carboxylic acids is 1. The second-order valence-corrected chi connectivity index (χ2v) is 5.59. The minimum atomic E-state index is -0.300. The molecule has 0 heterocycles. The normalized spacial score (nSPS) is 10.5. The second-order valence-electron chi connectivity index (χ2n) is 5.59. The minimum absolute atomic E-state index is 0.300. The predicted octanol–water partition coefficient (Wildman–Crippen LogP) is 2.54. The van der Waals surface area contributed by atoms with Gasteiger partial charge in [-0.3, -0.25) is 4.79 Å². The first kappa shape index (κ1) is 19.1. The van der Waals surface area contributed by atoms with Crippen molar-refractivity contribution in [1.29, 1.82) is 0 Å². The molecule has 0 bridgehead atoms. The highest BCUT2D eigenvalue weighted by molar-refractivity contribution is 5.95. The van der Waals surface area contributed by atoms with Gasteiger partial charge in [-0.1, -0.05) is 0 Å². The molecule has 2 aromatic carbocycles. The summed E-state index contributed by atoms with van der Waals surface area (Å²) in [4.78, 5) is 14.1. The van der Waals surface area contributed by atoms with E-state index < -0.39 is 0 Å². The highest BCUT2D eigenvalue weighted by Gasteiger charge is 2.11. The van der Waals surface area contributed by atoms with Gasteiger partial charge in [0.2, 0.25) is 0 Å². The number of hydrogen-bond donors (Lipinski definition) is 1. The van der Waals surface area contributed by atoms with Gasteiger partial charge in [0.25, 0.3) is 5.91 Å². The van der Waals surface area contributed by atoms with Crippen molar-refractivity contribution >= 4 is 17.8 Å². The molecule has 138 valence electrons. The number of amides is 1. The number of methoxy groups -OCH3 is 3. The zero-order chi connectivity index (χ0) is 19.1. The molecular formula is C19H23N3O4. The number of nitrogens with one attached hydrogen (secondary N) is 1. The van der Waals surface area contributed by atoms with Gasteiger partial charge in [-0.05, 0) is 30.3 Å². The summed E-state index contributed by atoms with van der Waals surface area (Å²) in [7, 11) is 8.52. The van der Waals surface area contributed by atoms with E-state index in [4.69, 9.17) is 14.2 Å². The molecule has 0 aromatic heterocycles. The maximum Gasteiger partial charge on any atom is 0.271 e. The van der Waals surface area contributed by atoms with Crippen LogP contribution in [0, 0.1) is 0 Å². The van der Waals surface area contributed by atoms with Gasteiger partial charge in [0.1, 0.15) is 5.75 Å². The molecule has 1 N–H and O–H groups in total. The Bertz CT molecular complexity index is 786. The number of benzene rings is 2. The number of ether oxygens (including phenoxy) is 3. The third kappa shape index (κ3) is 4.44. The van der Waals surface area contributed by atoms with Gasteiger partial charge in [-0.15, -0.1) is 0 Å². The molecule has 0 aliphatic rings. The Morgan fingerprint density at radius 3 is 2.08 bits per heavy atom. The van der Waals surface area contributed by atoms with Gasteiger partial charge < -0.3 is 19.1 Å². The average molecular weight is 357 g/mol. The van der Waals surface area contributed by atoms with E-state index >= 15 is 0 Å². The maximum atomic E-state index is 12.2. The Morgan fingerprint density at radius 1 is 0.962 bits per heavy atom. The highest BCUT2D eigenvalue weighted by atomic mass is 16.5. The SMILES string of the molecule is COc1cc(OC)c(OC)cc1C=NNC(=O)c1ccc(N(C)C)cc1. The topological polar surface area (TPSA) is 72.4 Å². The number of rotatable bonds is 7. The summed E-state index contributed by atoms with van der Waals surface area (Å²) in [5.74, 6) is 1.34. The van der Waals surface area contributed by atoms with Crippen LogP contribution in [0.2, 0.25) is 0 Å². The standard InChI is InChI=1S/C19H23N3O4/c1-22(2)15-8-6-13(7-9-15)19(23)21-20-12-14-10-17(25-4)18(26-5)11-16(14)24-3/h6-12H,1-5H3,(H,21,23). The van der Waals surface area contributed by atoms with Crippen molar-refractivity contribution in [3.8, 4) is 17.2 Å². The molecule has 0 aliphatic carbocycles. The number of anilines is 1. The highest BCUT2D eigenvalue weighted by Crippen LogP contribution is 2.33. The van der Waals surface area contributed by atoms with E-state index in [1.807, 2.05) is 31.1 Å². The van der Waals surface area contributed by atoms with E-state index in [0.717, 1.165) is 5.69 Å². The van der Waals surface area contributed by atoms with Crippen molar-refractivity contribution in [2.45, 2.75) is 0 Å². The van der Waals surface area contributed by atoms with Crippen LogP contribution in [0.25, 0.3) is 0 Å². The van der Waals surface area contributed by atoms with Gasteiger partial charge in [-0.2, -0.15) is 5.10 Å². The molecule has 1 amide bonds. The lowest BCUT2D eigenvalue weighted by Gasteiger charge is -2.12. The smallest absolute Gasteiger partial charge is 0.271 e. The number of hydrazone groups is 1. The predicted molar refractivity (Wildman–Crippen MR) is 102 cm³/mol. The molecule has 0 spiro atoms. The fourth-order valence-electron chi connectivity index (χ4n) is 2.29. The summed E-state index contributed by atoms with van der Waals surface area (Å²) in [6.07, 6.45) is 1.49. The maximum absolute atomic E-state index is 12.2. The summed E-state index contributed by atoms with van der Waals surface area (Å²) >= 11 is 0. The quantitative estimate of drug-likeness (QED) is 0.609. The van der Waals surface area contributed by atoms with Gasteiger partial charge >= 0.3 is 0 Å². The van der Waals surface area contributed by atoms with Gasteiger partial charge in [0, 0.05) is 37.0 Å². The summed E-state index contributed by atoms with van der Waals surface area (Å²) in [5.41, 5.74) is 4.68. The van der Waals surface area contributed by atoms with Crippen LogP contribution in [0.15, 0.2) is 41.5 Å². The molecule has 0 saturated carbocycles. The first-order chi connectivity index (χ1) is 12.5. The molecule has 7 nitrogen and oxygen atoms in total. The summed E-state index contributed by atoms with van der Waals surface area (Å²) in [5, 5.41) is 4.00. The summed E-state index contributed by atoms with van der Waals surface area (Å²) in [6.45, 7) is 0. The van der Waals surface area contributed by atoms with Crippen LogP contribution in [-0.4, -0.2) is 47.5 Å². The largest absolute Gasteiger partial charge is 0.496 e. The zero-order valence-corrected chi connectivity index (χ0v) is 15.6. The fraction of sp³-hybridized carbons (Fsp3) is 0.263. The third-order valence-corrected chi connectivity index (χ3v) is 3.75. The number of nitrogens with zero attached hydrogens (tertiary/aromatic N) is 2. The molecule has 0 saturated heterocycles. The Balaban J connectivity index is 2.13. The summed E-state index contributed by atoms with van der Waals surface area (Å²) in [6, 6.07) is 10.7. The van der Waals surface area contributed by atoms with E-state index in [-0.39, 0.29) is 5.91 Å². The molecule has 0 unspecified atom stereocenters. The molecule has 2 rings (SSSR count). The van der Waals surface area contributed by atoms with Crippen molar-refractivity contribution in [1.82, 2.24) is 5.43 Å². The van der Waals surface area contributed by atoms with E-state index in [2.05, 4.69) is 10.5 Å². The van der Waals surface area contributed by atoms with Crippen molar-refractivity contribution in [3.05, 3.63) is 47.5 Å². The molecule has 0 fully saturated rings. The lowest BCUT2D eigenvalue weighted by Crippen LogP contribution is -2.18. The Morgan fingerprint density at radius 2 is 1.54 bits per heavy atom. The van der Waals surface area contributed by atoms with E-state index in [1.54, 1.807) is 45.6 Å². The van der Waals surface area contributed by atoms with Gasteiger partial charge in [-0.25, -0.2) is 5.43 Å². The van der Waals surface area contributed by atoms with Gasteiger partial charge in [0.15, 0.2) is 11.5 Å². The molecule has 0 aliphatic heterocycles. The number of hydrogen-bond acceptors (Lipinski definition) is 6. The van der Waals surface area contributed by atoms with Gasteiger partial charge in [0.05, 0.1) is 27.5 Å². The minimum Gasteiger partial charge on any atom is -0.496 e. The zero-order valence-electron chi connectivity index (χ0n) is 15.6. The molecular weight excluding hydrogens is 334 g/mol. The van der Waals surface area contributed by atoms with E-state index in [1.165, 1.54) is 6.21 Å². The van der Waals surface area contributed by atoms with Crippen LogP contribution in [0.4, 0.5) is 5.69 Å². The van der Waals surface area contributed by atoms with Crippen LogP contribution in [-0.2, 0) is 0 Å².